The number of nitrogens with zero attached hydrogens (tertiary/aromatic N) is 4. The highest BCUT2D eigenvalue weighted by atomic mass is 35.5. The lowest BCUT2D eigenvalue weighted by Crippen LogP contribution is -2.38. The second-order valence-electron chi connectivity index (χ2n) is 5.94. The smallest absolute Gasteiger partial charge is 0.240 e. The van der Waals surface area contributed by atoms with Gasteiger partial charge in [-0.15, -0.1) is 11.6 Å². The number of carbonyl (C=O) groups excluding carboxylic acids is 1. The molecule has 1 fully saturated rings. The SMILES string of the molecule is C[C@H](Cl)C(=O)N1CCCN(c2nc(Cc3ccccc3)ns2)CC1. The Morgan fingerprint density at radius 1 is 1.25 bits per heavy atom. The number of aromatic nitrogens is 2. The molecule has 1 aromatic heterocycles. The van der Waals surface area contributed by atoms with Crippen molar-refractivity contribution < 1.29 is 4.79 Å². The Hall–Kier alpha value is -1.66. The van der Waals surface area contributed by atoms with Gasteiger partial charge in [0.05, 0.1) is 0 Å². The van der Waals surface area contributed by atoms with Gasteiger partial charge in [-0.1, -0.05) is 30.3 Å². The number of hydrogen-bond acceptors (Lipinski definition) is 5. The highest BCUT2D eigenvalue weighted by Gasteiger charge is 2.23. The Balaban J connectivity index is 1.62. The summed E-state index contributed by atoms with van der Waals surface area (Å²) >= 11 is 7.36. The lowest BCUT2D eigenvalue weighted by atomic mass is 10.1. The number of halogens is 1. The van der Waals surface area contributed by atoms with E-state index in [9.17, 15) is 4.79 Å². The molecule has 1 aliphatic rings. The first-order valence-corrected chi connectivity index (χ1v) is 9.39. The monoisotopic (exact) mass is 364 g/mol. The number of amides is 1. The molecule has 2 aromatic rings. The number of rotatable bonds is 4. The average Bonchev–Trinajstić information content (AvgIpc) is 2.90. The lowest BCUT2D eigenvalue weighted by molar-refractivity contribution is -0.130. The van der Waals surface area contributed by atoms with Gasteiger partial charge in [-0.25, -0.2) is 4.98 Å². The number of benzene rings is 1. The van der Waals surface area contributed by atoms with Crippen molar-refractivity contribution in [1.82, 2.24) is 14.3 Å². The van der Waals surface area contributed by atoms with Crippen molar-refractivity contribution in [3.05, 3.63) is 41.7 Å². The third-order valence-electron chi connectivity index (χ3n) is 4.08. The third kappa shape index (κ3) is 4.24. The fourth-order valence-electron chi connectivity index (χ4n) is 2.80. The first-order valence-electron chi connectivity index (χ1n) is 8.18. The van der Waals surface area contributed by atoms with Gasteiger partial charge >= 0.3 is 0 Å². The maximum atomic E-state index is 12.1. The first-order chi connectivity index (χ1) is 11.6. The summed E-state index contributed by atoms with van der Waals surface area (Å²) in [5.74, 6) is 0.869. The number of carbonyl (C=O) groups is 1. The number of hydrogen-bond donors (Lipinski definition) is 0. The van der Waals surface area contributed by atoms with Gasteiger partial charge in [-0.3, -0.25) is 4.79 Å². The van der Waals surface area contributed by atoms with Crippen molar-refractivity contribution in [2.45, 2.75) is 25.1 Å². The van der Waals surface area contributed by atoms with E-state index in [1.165, 1.54) is 17.1 Å². The summed E-state index contributed by atoms with van der Waals surface area (Å²) in [6.45, 7) is 4.83. The molecule has 0 bridgehead atoms. The molecule has 0 aliphatic carbocycles. The molecule has 1 atom stereocenters. The molecule has 128 valence electrons. The zero-order valence-electron chi connectivity index (χ0n) is 13.7. The quantitative estimate of drug-likeness (QED) is 0.783. The van der Waals surface area contributed by atoms with Gasteiger partial charge in [-0.05, 0) is 18.9 Å². The highest BCUT2D eigenvalue weighted by molar-refractivity contribution is 7.09. The maximum absolute atomic E-state index is 12.1. The second-order valence-corrected chi connectivity index (χ2v) is 7.32. The van der Waals surface area contributed by atoms with Crippen molar-refractivity contribution >= 4 is 34.2 Å². The van der Waals surface area contributed by atoms with Gasteiger partial charge in [0.2, 0.25) is 11.0 Å². The largest absolute Gasteiger partial charge is 0.345 e. The summed E-state index contributed by atoms with van der Waals surface area (Å²) in [4.78, 5) is 20.8. The van der Waals surface area contributed by atoms with Crippen LogP contribution in [0.4, 0.5) is 5.13 Å². The Bertz CT molecular complexity index is 676. The van der Waals surface area contributed by atoms with Crippen molar-refractivity contribution in [3.63, 3.8) is 0 Å². The Labute approximate surface area is 151 Å². The molecule has 24 heavy (non-hydrogen) atoms. The van der Waals surface area contributed by atoms with E-state index >= 15 is 0 Å². The van der Waals surface area contributed by atoms with E-state index in [1.807, 2.05) is 23.1 Å². The van der Waals surface area contributed by atoms with Crippen LogP contribution in [0.15, 0.2) is 30.3 Å². The first kappa shape index (κ1) is 17.2. The lowest BCUT2D eigenvalue weighted by Gasteiger charge is -2.22. The predicted octanol–water partition coefficient (Wildman–Crippen LogP) is 2.79. The van der Waals surface area contributed by atoms with E-state index in [-0.39, 0.29) is 5.91 Å². The van der Waals surface area contributed by atoms with Crippen LogP contribution in [0.5, 0.6) is 0 Å². The topological polar surface area (TPSA) is 49.3 Å². The van der Waals surface area contributed by atoms with E-state index in [2.05, 4.69) is 26.4 Å². The van der Waals surface area contributed by atoms with E-state index in [1.54, 1.807) is 6.92 Å². The van der Waals surface area contributed by atoms with Crippen LogP contribution in [0.2, 0.25) is 0 Å². The second kappa shape index (κ2) is 7.94. The normalized spacial score (nSPS) is 16.8. The number of alkyl halides is 1. The summed E-state index contributed by atoms with van der Waals surface area (Å²) in [6.07, 6.45) is 1.67. The molecule has 1 saturated heterocycles. The summed E-state index contributed by atoms with van der Waals surface area (Å²) in [5.41, 5.74) is 1.21. The minimum atomic E-state index is -0.462. The fourth-order valence-corrected chi connectivity index (χ4v) is 3.68. The molecule has 1 aromatic carbocycles. The van der Waals surface area contributed by atoms with Crippen LogP contribution in [0, 0.1) is 0 Å². The minimum absolute atomic E-state index is 0.0144. The van der Waals surface area contributed by atoms with Crippen LogP contribution in [0.1, 0.15) is 24.7 Å². The summed E-state index contributed by atoms with van der Waals surface area (Å²) in [7, 11) is 0. The zero-order chi connectivity index (χ0) is 16.9. The Kier molecular flexibility index (Phi) is 5.68. The molecule has 5 nitrogen and oxygen atoms in total. The molecule has 0 N–H and O–H groups in total. The van der Waals surface area contributed by atoms with Crippen molar-refractivity contribution in [2.75, 3.05) is 31.1 Å². The summed E-state index contributed by atoms with van der Waals surface area (Å²) < 4.78 is 4.49. The van der Waals surface area contributed by atoms with Crippen molar-refractivity contribution in [1.29, 1.82) is 0 Å². The Morgan fingerprint density at radius 3 is 2.79 bits per heavy atom. The zero-order valence-corrected chi connectivity index (χ0v) is 15.3. The van der Waals surface area contributed by atoms with Gasteiger partial charge in [0, 0.05) is 44.1 Å². The summed E-state index contributed by atoms with van der Waals surface area (Å²) in [6, 6.07) is 10.2. The molecule has 3 rings (SSSR count). The molecule has 0 spiro atoms. The molecule has 2 heterocycles. The fraction of sp³-hybridized carbons (Fsp3) is 0.471. The van der Waals surface area contributed by atoms with Crippen LogP contribution >= 0.6 is 23.1 Å². The van der Waals surface area contributed by atoms with Gasteiger partial charge in [0.15, 0.2) is 0 Å². The average molecular weight is 365 g/mol. The van der Waals surface area contributed by atoms with Crippen molar-refractivity contribution in [2.24, 2.45) is 0 Å². The van der Waals surface area contributed by atoms with Crippen LogP contribution in [0.25, 0.3) is 0 Å². The van der Waals surface area contributed by atoms with Crippen LogP contribution in [-0.2, 0) is 11.2 Å². The predicted molar refractivity (Wildman–Crippen MR) is 97.9 cm³/mol. The van der Waals surface area contributed by atoms with Gasteiger partial charge in [-0.2, -0.15) is 4.37 Å². The Morgan fingerprint density at radius 2 is 2.04 bits per heavy atom. The molecule has 0 unspecified atom stereocenters. The number of anilines is 1. The molecule has 1 aliphatic heterocycles. The van der Waals surface area contributed by atoms with E-state index < -0.39 is 5.38 Å². The van der Waals surface area contributed by atoms with Gasteiger partial charge in [0.1, 0.15) is 11.2 Å². The molecule has 0 radical (unpaired) electrons. The van der Waals surface area contributed by atoms with Crippen LogP contribution in [0.3, 0.4) is 0 Å². The minimum Gasteiger partial charge on any atom is -0.345 e. The molecule has 1 amide bonds. The third-order valence-corrected chi connectivity index (χ3v) is 5.08. The van der Waals surface area contributed by atoms with Gasteiger partial charge < -0.3 is 9.80 Å². The molecular formula is C17H21ClN4OS. The van der Waals surface area contributed by atoms with E-state index in [0.717, 1.165) is 43.4 Å². The molecule has 0 saturated carbocycles. The van der Waals surface area contributed by atoms with Gasteiger partial charge in [0.25, 0.3) is 0 Å². The maximum Gasteiger partial charge on any atom is 0.240 e. The standard InChI is InChI=1S/C17H21ClN4OS/c1-13(18)16(23)21-8-5-9-22(11-10-21)17-19-15(20-24-17)12-14-6-3-2-4-7-14/h2-4,6-7,13H,5,8-12H2,1H3/t13-/m0/s1. The van der Waals surface area contributed by atoms with E-state index in [0.29, 0.717) is 6.54 Å². The van der Waals surface area contributed by atoms with Crippen molar-refractivity contribution in [3.8, 4) is 0 Å². The summed E-state index contributed by atoms with van der Waals surface area (Å²) in [5, 5.41) is 0.477. The highest BCUT2D eigenvalue weighted by Crippen LogP contribution is 2.21. The van der Waals surface area contributed by atoms with Crippen LogP contribution in [-0.4, -0.2) is 51.7 Å². The molecule has 7 heteroatoms. The van der Waals surface area contributed by atoms with Crippen LogP contribution < -0.4 is 4.90 Å². The van der Waals surface area contributed by atoms with E-state index in [4.69, 9.17) is 11.6 Å². The molecular weight excluding hydrogens is 344 g/mol.